The Labute approximate surface area is 69.4 Å². The number of ether oxygens (including phenoxy) is 1. The topological polar surface area (TPSA) is 61.0 Å². The first-order valence-corrected chi connectivity index (χ1v) is 3.51. The minimum Gasteiger partial charge on any atom is -0.462 e. The van der Waals surface area contributed by atoms with E-state index >= 15 is 0 Å². The molecule has 2 N–H and O–H groups in total. The Morgan fingerprint density at radius 1 is 1.45 bits per heavy atom. The van der Waals surface area contributed by atoms with Crippen LogP contribution < -0.4 is 10.5 Å². The summed E-state index contributed by atoms with van der Waals surface area (Å²) in [5, 5.41) is 0.491. The summed E-state index contributed by atoms with van der Waals surface area (Å²) < 4.78 is 5.00. The molecule has 0 atom stereocenters. The molecule has 0 radical (unpaired) electrons. The normalized spacial score (nSPS) is 9.64. The van der Waals surface area contributed by atoms with E-state index in [0.717, 1.165) is 0 Å². The fraction of sp³-hybridized carbons (Fsp3) is 0.333. The highest BCUT2D eigenvalue weighted by molar-refractivity contribution is 6.30. The average molecular weight is 174 g/mol. The molecule has 0 saturated carbocycles. The van der Waals surface area contributed by atoms with Crippen LogP contribution in [0.1, 0.15) is 0 Å². The molecule has 60 valence electrons. The van der Waals surface area contributed by atoms with E-state index in [2.05, 4.69) is 9.97 Å². The smallest absolute Gasteiger partial charge is 0.316 e. The lowest BCUT2D eigenvalue weighted by Crippen LogP contribution is -2.11. The van der Waals surface area contributed by atoms with E-state index in [1.54, 1.807) is 0 Å². The van der Waals surface area contributed by atoms with Crippen molar-refractivity contribution in [1.82, 2.24) is 9.97 Å². The molecule has 0 fully saturated rings. The second-order valence-electron chi connectivity index (χ2n) is 1.82. The van der Waals surface area contributed by atoms with Gasteiger partial charge in [0.05, 0.1) is 17.4 Å². The van der Waals surface area contributed by atoms with Crippen LogP contribution in [-0.2, 0) is 0 Å². The number of hydrogen-bond donors (Lipinski definition) is 1. The summed E-state index contributed by atoms with van der Waals surface area (Å²) >= 11 is 5.54. The van der Waals surface area contributed by atoms with Crippen LogP contribution in [-0.4, -0.2) is 23.1 Å². The second-order valence-corrected chi connectivity index (χ2v) is 2.26. The zero-order valence-electron chi connectivity index (χ0n) is 5.83. The van der Waals surface area contributed by atoms with Crippen LogP contribution in [0.3, 0.4) is 0 Å². The number of aromatic nitrogens is 2. The molecule has 4 nitrogen and oxygen atoms in total. The number of halogens is 1. The molecular weight excluding hydrogens is 166 g/mol. The Hall–Kier alpha value is -0.870. The molecule has 0 spiro atoms. The van der Waals surface area contributed by atoms with Gasteiger partial charge in [0.1, 0.15) is 6.61 Å². The predicted molar refractivity (Wildman–Crippen MR) is 41.6 cm³/mol. The van der Waals surface area contributed by atoms with Gasteiger partial charge >= 0.3 is 6.01 Å². The van der Waals surface area contributed by atoms with Gasteiger partial charge in [-0.15, -0.1) is 0 Å². The molecule has 0 aliphatic heterocycles. The summed E-state index contributed by atoms with van der Waals surface area (Å²) in [5.74, 6) is 0. The maximum atomic E-state index is 5.54. The van der Waals surface area contributed by atoms with Gasteiger partial charge in [0.15, 0.2) is 0 Å². The zero-order valence-corrected chi connectivity index (χ0v) is 6.58. The third-order valence-electron chi connectivity index (χ3n) is 0.946. The van der Waals surface area contributed by atoms with Gasteiger partial charge < -0.3 is 10.5 Å². The van der Waals surface area contributed by atoms with Crippen LogP contribution in [0.15, 0.2) is 12.4 Å². The van der Waals surface area contributed by atoms with Crippen molar-refractivity contribution in [3.8, 4) is 6.01 Å². The minimum absolute atomic E-state index is 0.305. The Bertz CT molecular complexity index is 214. The van der Waals surface area contributed by atoms with Gasteiger partial charge in [-0.05, 0) is 0 Å². The van der Waals surface area contributed by atoms with Crippen LogP contribution in [0.5, 0.6) is 6.01 Å². The van der Waals surface area contributed by atoms with Crippen molar-refractivity contribution in [1.29, 1.82) is 0 Å². The molecule has 1 aromatic rings. The third-order valence-corrected chi connectivity index (χ3v) is 1.14. The van der Waals surface area contributed by atoms with E-state index in [4.69, 9.17) is 22.1 Å². The van der Waals surface area contributed by atoms with Crippen molar-refractivity contribution in [3.05, 3.63) is 17.4 Å². The van der Waals surface area contributed by atoms with Crippen molar-refractivity contribution >= 4 is 11.6 Å². The van der Waals surface area contributed by atoms with Gasteiger partial charge in [0.2, 0.25) is 0 Å². The van der Waals surface area contributed by atoms with E-state index in [-0.39, 0.29) is 0 Å². The molecule has 0 aliphatic rings. The molecule has 0 saturated heterocycles. The number of nitrogens with two attached hydrogens (primary N) is 1. The van der Waals surface area contributed by atoms with Crippen LogP contribution in [0.4, 0.5) is 0 Å². The molecule has 1 aromatic heterocycles. The Kier molecular flexibility index (Phi) is 3.07. The molecule has 0 aromatic carbocycles. The highest BCUT2D eigenvalue weighted by Crippen LogP contribution is 2.06. The van der Waals surface area contributed by atoms with Crippen molar-refractivity contribution in [2.45, 2.75) is 0 Å². The van der Waals surface area contributed by atoms with Gasteiger partial charge in [0, 0.05) is 6.54 Å². The Morgan fingerprint density at radius 2 is 2.09 bits per heavy atom. The number of hydrogen-bond acceptors (Lipinski definition) is 4. The monoisotopic (exact) mass is 173 g/mol. The van der Waals surface area contributed by atoms with Crippen molar-refractivity contribution in [2.24, 2.45) is 5.73 Å². The lowest BCUT2D eigenvalue weighted by Gasteiger charge is -1.99. The van der Waals surface area contributed by atoms with Crippen LogP contribution in [0.2, 0.25) is 5.02 Å². The molecular formula is C6H8ClN3O. The van der Waals surface area contributed by atoms with Crippen LogP contribution in [0.25, 0.3) is 0 Å². The van der Waals surface area contributed by atoms with Gasteiger partial charge in [-0.2, -0.15) is 0 Å². The highest BCUT2D eigenvalue weighted by atomic mass is 35.5. The first kappa shape index (κ1) is 8.23. The van der Waals surface area contributed by atoms with Crippen LogP contribution in [0, 0.1) is 0 Å². The zero-order chi connectivity index (χ0) is 8.10. The van der Waals surface area contributed by atoms with E-state index in [1.165, 1.54) is 12.4 Å². The van der Waals surface area contributed by atoms with Crippen molar-refractivity contribution in [3.63, 3.8) is 0 Å². The van der Waals surface area contributed by atoms with Crippen molar-refractivity contribution < 1.29 is 4.74 Å². The largest absolute Gasteiger partial charge is 0.462 e. The predicted octanol–water partition coefficient (Wildman–Crippen LogP) is 0.467. The molecule has 0 bridgehead atoms. The lowest BCUT2D eigenvalue weighted by molar-refractivity contribution is 0.302. The minimum atomic E-state index is 0.305. The first-order valence-electron chi connectivity index (χ1n) is 3.13. The number of rotatable bonds is 3. The summed E-state index contributed by atoms with van der Waals surface area (Å²) in [7, 11) is 0. The maximum absolute atomic E-state index is 5.54. The van der Waals surface area contributed by atoms with Gasteiger partial charge in [-0.25, -0.2) is 9.97 Å². The summed E-state index contributed by atoms with van der Waals surface area (Å²) in [6, 6.07) is 0.305. The van der Waals surface area contributed by atoms with Gasteiger partial charge in [0.25, 0.3) is 0 Å². The highest BCUT2D eigenvalue weighted by Gasteiger charge is 1.94. The fourth-order valence-electron chi connectivity index (χ4n) is 0.525. The Balaban J connectivity index is 2.52. The summed E-state index contributed by atoms with van der Waals surface area (Å²) in [4.78, 5) is 7.59. The summed E-state index contributed by atoms with van der Waals surface area (Å²) in [6.45, 7) is 0.869. The lowest BCUT2D eigenvalue weighted by atomic mass is 10.7. The standard InChI is InChI=1S/C6H8ClN3O/c7-5-3-9-6(10-4-5)11-2-1-8/h3-4H,1-2,8H2. The molecule has 1 heterocycles. The molecule has 5 heteroatoms. The molecule has 0 amide bonds. The summed E-state index contributed by atoms with van der Waals surface area (Å²) in [6.07, 6.45) is 2.95. The SMILES string of the molecule is NCCOc1ncc(Cl)cn1. The average Bonchev–Trinajstić information content (AvgIpc) is 2.04. The third kappa shape index (κ3) is 2.69. The van der Waals surface area contributed by atoms with Crippen molar-refractivity contribution in [2.75, 3.05) is 13.2 Å². The second kappa shape index (κ2) is 4.10. The first-order chi connectivity index (χ1) is 5.33. The maximum Gasteiger partial charge on any atom is 0.316 e. The number of nitrogens with zero attached hydrogens (tertiary/aromatic N) is 2. The fourth-order valence-corrected chi connectivity index (χ4v) is 0.623. The van der Waals surface area contributed by atoms with Gasteiger partial charge in [-0.1, -0.05) is 11.6 Å². The van der Waals surface area contributed by atoms with E-state index in [1.807, 2.05) is 0 Å². The van der Waals surface area contributed by atoms with E-state index < -0.39 is 0 Å². The molecule has 0 unspecified atom stereocenters. The Morgan fingerprint density at radius 3 is 2.64 bits per heavy atom. The van der Waals surface area contributed by atoms with Crippen LogP contribution >= 0.6 is 11.6 Å². The molecule has 0 aliphatic carbocycles. The quantitative estimate of drug-likeness (QED) is 0.722. The summed E-state index contributed by atoms with van der Waals surface area (Å²) in [5.41, 5.74) is 5.20. The van der Waals surface area contributed by atoms with Gasteiger partial charge in [-0.3, -0.25) is 0 Å². The van der Waals surface area contributed by atoms with E-state index in [0.29, 0.717) is 24.2 Å². The van der Waals surface area contributed by atoms with E-state index in [9.17, 15) is 0 Å². The molecule has 11 heavy (non-hydrogen) atoms. The molecule has 1 rings (SSSR count).